The van der Waals surface area contributed by atoms with Gasteiger partial charge in [0.1, 0.15) is 28.9 Å². The van der Waals surface area contributed by atoms with Crippen LogP contribution in [0.4, 0.5) is 5.95 Å². The van der Waals surface area contributed by atoms with Crippen LogP contribution in [0.15, 0.2) is 11.4 Å². The minimum Gasteiger partial charge on any atom is -0.460 e. The SMILES string of the molecule is CCOC(=O)C(=O)CSc1nc(N)nc2c1ncn2[C@@H]1O[C@H](CO)C(O)[C@@H]1O. The Morgan fingerprint density at radius 3 is 2.75 bits per heavy atom. The highest BCUT2D eigenvalue weighted by Crippen LogP contribution is 2.33. The number of nitrogen functional groups attached to an aromatic ring is 1. The molecule has 0 aromatic carbocycles. The van der Waals surface area contributed by atoms with E-state index in [0.29, 0.717) is 0 Å². The number of esters is 1. The van der Waals surface area contributed by atoms with Crippen LogP contribution in [0.2, 0.25) is 0 Å². The first kappa shape index (κ1) is 20.4. The Hall–Kier alpha value is -2.32. The molecular formula is C15H19N5O7S. The van der Waals surface area contributed by atoms with E-state index in [-0.39, 0.29) is 34.5 Å². The number of hydrogen-bond acceptors (Lipinski definition) is 12. The molecule has 13 heteroatoms. The number of nitrogens with zero attached hydrogens (tertiary/aromatic N) is 4. The number of carbonyl (C=O) groups is 2. The maximum atomic E-state index is 11.8. The van der Waals surface area contributed by atoms with Crippen molar-refractivity contribution in [2.24, 2.45) is 0 Å². The van der Waals surface area contributed by atoms with Crippen molar-refractivity contribution in [2.75, 3.05) is 24.7 Å². The Bertz CT molecular complexity index is 891. The van der Waals surface area contributed by atoms with Crippen molar-refractivity contribution in [1.29, 1.82) is 0 Å². The second kappa shape index (κ2) is 8.36. The molecule has 3 heterocycles. The molecule has 28 heavy (non-hydrogen) atoms. The highest BCUT2D eigenvalue weighted by Gasteiger charge is 2.44. The van der Waals surface area contributed by atoms with Crippen molar-refractivity contribution in [3.05, 3.63) is 6.33 Å². The number of aromatic nitrogens is 4. The first-order chi connectivity index (χ1) is 13.4. The fourth-order valence-corrected chi connectivity index (χ4v) is 3.53. The molecule has 1 saturated heterocycles. The summed E-state index contributed by atoms with van der Waals surface area (Å²) in [4.78, 5) is 35.5. The third-order valence-electron chi connectivity index (χ3n) is 4.04. The van der Waals surface area contributed by atoms with Crippen molar-refractivity contribution < 1.29 is 34.4 Å². The van der Waals surface area contributed by atoms with Crippen molar-refractivity contribution >= 4 is 40.6 Å². The summed E-state index contributed by atoms with van der Waals surface area (Å²) < 4.78 is 11.5. The minimum atomic E-state index is -1.33. The van der Waals surface area contributed by atoms with E-state index in [2.05, 4.69) is 19.7 Å². The molecule has 0 bridgehead atoms. The molecule has 4 atom stereocenters. The number of ether oxygens (including phenoxy) is 2. The average Bonchev–Trinajstić information content (AvgIpc) is 3.21. The Morgan fingerprint density at radius 1 is 1.36 bits per heavy atom. The van der Waals surface area contributed by atoms with Gasteiger partial charge >= 0.3 is 5.97 Å². The zero-order chi connectivity index (χ0) is 20.4. The Morgan fingerprint density at radius 2 is 2.11 bits per heavy atom. The number of rotatable bonds is 7. The second-order valence-corrected chi connectivity index (χ2v) is 6.84. The lowest BCUT2D eigenvalue weighted by Gasteiger charge is -2.16. The number of aliphatic hydroxyl groups is 3. The Balaban J connectivity index is 1.87. The maximum Gasteiger partial charge on any atom is 0.375 e. The van der Waals surface area contributed by atoms with E-state index in [1.54, 1.807) is 6.92 Å². The van der Waals surface area contributed by atoms with E-state index < -0.39 is 42.9 Å². The van der Waals surface area contributed by atoms with Gasteiger partial charge in [0.25, 0.3) is 0 Å². The molecule has 5 N–H and O–H groups in total. The van der Waals surface area contributed by atoms with Crippen LogP contribution >= 0.6 is 11.8 Å². The molecule has 1 aliphatic rings. The summed E-state index contributed by atoms with van der Waals surface area (Å²) in [5, 5.41) is 29.6. The molecule has 1 aliphatic heterocycles. The zero-order valence-corrected chi connectivity index (χ0v) is 15.6. The van der Waals surface area contributed by atoms with E-state index >= 15 is 0 Å². The number of nitrogens with two attached hydrogens (primary N) is 1. The molecule has 0 aliphatic carbocycles. The fraction of sp³-hybridized carbons (Fsp3) is 0.533. The molecule has 0 spiro atoms. The highest BCUT2D eigenvalue weighted by atomic mass is 32.2. The summed E-state index contributed by atoms with van der Waals surface area (Å²) in [6, 6.07) is 0. The number of aliphatic hydroxyl groups excluding tert-OH is 3. The van der Waals surface area contributed by atoms with Crippen LogP contribution in [0.3, 0.4) is 0 Å². The molecule has 0 amide bonds. The lowest BCUT2D eigenvalue weighted by Crippen LogP contribution is -2.33. The Kier molecular flexibility index (Phi) is 6.10. The van der Waals surface area contributed by atoms with Gasteiger partial charge < -0.3 is 30.5 Å². The first-order valence-electron chi connectivity index (χ1n) is 8.32. The smallest absolute Gasteiger partial charge is 0.375 e. The van der Waals surface area contributed by atoms with Gasteiger partial charge in [0.05, 0.1) is 25.3 Å². The van der Waals surface area contributed by atoms with Crippen LogP contribution in [0, 0.1) is 0 Å². The van der Waals surface area contributed by atoms with E-state index in [1.165, 1.54) is 10.9 Å². The van der Waals surface area contributed by atoms with Crippen LogP contribution in [0.5, 0.6) is 0 Å². The Labute approximate surface area is 162 Å². The topological polar surface area (TPSA) is 183 Å². The van der Waals surface area contributed by atoms with Gasteiger partial charge in [0.2, 0.25) is 11.7 Å². The van der Waals surface area contributed by atoms with Gasteiger partial charge in [-0.1, -0.05) is 11.8 Å². The van der Waals surface area contributed by atoms with Gasteiger partial charge in [0, 0.05) is 0 Å². The summed E-state index contributed by atoms with van der Waals surface area (Å²) in [5.74, 6) is -2.03. The van der Waals surface area contributed by atoms with E-state index in [1.807, 2.05) is 0 Å². The van der Waals surface area contributed by atoms with Crippen LogP contribution in [0.25, 0.3) is 11.2 Å². The minimum absolute atomic E-state index is 0.0920. The van der Waals surface area contributed by atoms with E-state index in [4.69, 9.17) is 10.5 Å². The number of fused-ring (bicyclic) bond motifs is 1. The molecule has 152 valence electrons. The number of anilines is 1. The molecule has 3 rings (SSSR count). The van der Waals surface area contributed by atoms with Crippen LogP contribution in [-0.4, -0.2) is 83.9 Å². The van der Waals surface area contributed by atoms with Gasteiger partial charge in [-0.25, -0.2) is 14.8 Å². The van der Waals surface area contributed by atoms with Crippen LogP contribution in [-0.2, 0) is 19.1 Å². The number of imidazole rings is 1. The molecular weight excluding hydrogens is 394 g/mol. The third kappa shape index (κ3) is 3.79. The monoisotopic (exact) mass is 413 g/mol. The summed E-state index contributed by atoms with van der Waals surface area (Å²) in [6.07, 6.45) is -3.32. The van der Waals surface area contributed by atoms with Gasteiger partial charge in [0.15, 0.2) is 11.9 Å². The molecule has 2 aromatic rings. The van der Waals surface area contributed by atoms with Gasteiger partial charge in [-0.2, -0.15) is 4.98 Å². The predicted molar refractivity (Wildman–Crippen MR) is 95.1 cm³/mol. The quantitative estimate of drug-likeness (QED) is 0.174. The van der Waals surface area contributed by atoms with Crippen molar-refractivity contribution in [3.8, 4) is 0 Å². The predicted octanol–water partition coefficient (Wildman–Crippen LogP) is -1.76. The normalized spacial score (nSPS) is 24.6. The molecule has 12 nitrogen and oxygen atoms in total. The largest absolute Gasteiger partial charge is 0.460 e. The second-order valence-electron chi connectivity index (χ2n) is 5.87. The summed E-state index contributed by atoms with van der Waals surface area (Å²) in [7, 11) is 0. The van der Waals surface area contributed by atoms with Crippen molar-refractivity contribution in [3.63, 3.8) is 0 Å². The highest BCUT2D eigenvalue weighted by molar-refractivity contribution is 8.00. The number of hydrogen-bond donors (Lipinski definition) is 4. The van der Waals surface area contributed by atoms with E-state index in [9.17, 15) is 24.9 Å². The number of thioether (sulfide) groups is 1. The van der Waals surface area contributed by atoms with Crippen molar-refractivity contribution in [1.82, 2.24) is 19.5 Å². The number of ketones is 1. The number of carbonyl (C=O) groups excluding carboxylic acids is 2. The molecule has 1 unspecified atom stereocenters. The lowest BCUT2D eigenvalue weighted by molar-refractivity contribution is -0.152. The van der Waals surface area contributed by atoms with Gasteiger partial charge in [-0.3, -0.25) is 9.36 Å². The molecule has 1 fully saturated rings. The van der Waals surface area contributed by atoms with Gasteiger partial charge in [-0.05, 0) is 6.92 Å². The molecule has 0 radical (unpaired) electrons. The first-order valence-corrected chi connectivity index (χ1v) is 9.31. The summed E-state index contributed by atoms with van der Waals surface area (Å²) in [6.45, 7) is 1.21. The number of Topliss-reactive ketones (excluding diaryl/α,β-unsaturated/α-hetero) is 1. The maximum absolute atomic E-state index is 11.8. The van der Waals surface area contributed by atoms with Gasteiger partial charge in [-0.15, -0.1) is 0 Å². The summed E-state index contributed by atoms with van der Waals surface area (Å²) in [5.41, 5.74) is 6.21. The zero-order valence-electron chi connectivity index (χ0n) is 14.8. The average molecular weight is 413 g/mol. The standard InChI is InChI=1S/C15H19N5O7S/c1-2-26-14(25)6(22)4-28-12-8-11(18-15(16)19-12)20(5-17-8)13-10(24)9(23)7(3-21)27-13/h5,7,9-10,13,21,23-24H,2-4H2,1H3,(H2,16,18,19)/t7-,9?,10+,13-/m1/s1. The summed E-state index contributed by atoms with van der Waals surface area (Å²) >= 11 is 0.939. The lowest BCUT2D eigenvalue weighted by atomic mass is 10.1. The van der Waals surface area contributed by atoms with Crippen LogP contribution < -0.4 is 5.73 Å². The third-order valence-corrected chi connectivity index (χ3v) is 5.01. The molecule has 2 aromatic heterocycles. The van der Waals surface area contributed by atoms with E-state index in [0.717, 1.165) is 11.8 Å². The molecule has 0 saturated carbocycles. The fourth-order valence-electron chi connectivity index (χ4n) is 2.71. The van der Waals surface area contributed by atoms with Crippen molar-refractivity contribution in [2.45, 2.75) is 36.5 Å². The van der Waals surface area contributed by atoms with Crippen LogP contribution in [0.1, 0.15) is 13.2 Å².